The van der Waals surface area contributed by atoms with Gasteiger partial charge >= 0.3 is 0 Å². The summed E-state index contributed by atoms with van der Waals surface area (Å²) in [5.41, 5.74) is 0.696. The molecule has 1 amide bonds. The van der Waals surface area contributed by atoms with E-state index >= 15 is 0 Å². The first-order valence-electron chi connectivity index (χ1n) is 6.94. The molecule has 1 fully saturated rings. The maximum absolute atomic E-state index is 11.9. The largest absolute Gasteiger partial charge is 0.351 e. The summed E-state index contributed by atoms with van der Waals surface area (Å²) in [6.07, 6.45) is 5.29. The first-order valence-corrected chi connectivity index (χ1v) is 7.39. The first-order chi connectivity index (χ1) is 9.16. The summed E-state index contributed by atoms with van der Waals surface area (Å²) in [6, 6.07) is 7.99. The first kappa shape index (κ1) is 14.4. The van der Waals surface area contributed by atoms with Crippen molar-refractivity contribution in [3.63, 3.8) is 0 Å². The Bertz CT molecular complexity index is 413. The van der Waals surface area contributed by atoms with Gasteiger partial charge in [0.2, 0.25) is 0 Å². The SMILES string of the molecule is CN(CCNC(=O)c1ccc(S)cc1)C1CCCC1. The van der Waals surface area contributed by atoms with Crippen LogP contribution in [0.2, 0.25) is 0 Å². The summed E-state index contributed by atoms with van der Waals surface area (Å²) in [5.74, 6) is -0.00634. The Kier molecular flexibility index (Phi) is 5.28. The van der Waals surface area contributed by atoms with Crippen LogP contribution < -0.4 is 5.32 Å². The fourth-order valence-corrected chi connectivity index (χ4v) is 2.74. The predicted octanol–water partition coefficient (Wildman–Crippen LogP) is 2.58. The lowest BCUT2D eigenvalue weighted by atomic mass is 10.2. The molecule has 3 nitrogen and oxygen atoms in total. The van der Waals surface area contributed by atoms with Crippen molar-refractivity contribution >= 4 is 18.5 Å². The van der Waals surface area contributed by atoms with Gasteiger partial charge in [0.1, 0.15) is 0 Å². The number of carbonyl (C=O) groups excluding carboxylic acids is 1. The Hall–Kier alpha value is -1.00. The molecule has 1 aromatic rings. The molecule has 0 saturated heterocycles. The lowest BCUT2D eigenvalue weighted by molar-refractivity contribution is 0.0947. The molecular formula is C15H22N2OS. The van der Waals surface area contributed by atoms with E-state index in [0.717, 1.165) is 11.4 Å². The number of carbonyl (C=O) groups is 1. The monoisotopic (exact) mass is 278 g/mol. The average Bonchev–Trinajstić information content (AvgIpc) is 2.93. The Labute approximate surface area is 120 Å². The summed E-state index contributed by atoms with van der Waals surface area (Å²) in [7, 11) is 2.15. The van der Waals surface area contributed by atoms with E-state index in [1.807, 2.05) is 12.1 Å². The zero-order valence-corrected chi connectivity index (χ0v) is 12.3. The van der Waals surface area contributed by atoms with Gasteiger partial charge in [0.25, 0.3) is 5.91 Å². The molecule has 2 rings (SSSR count). The number of likely N-dealkylation sites (N-methyl/N-ethyl adjacent to an activating group) is 1. The van der Waals surface area contributed by atoms with Crippen molar-refractivity contribution < 1.29 is 4.79 Å². The molecule has 1 aliphatic rings. The van der Waals surface area contributed by atoms with Gasteiger partial charge in [-0.05, 0) is 44.2 Å². The molecule has 0 unspecified atom stereocenters. The van der Waals surface area contributed by atoms with E-state index in [-0.39, 0.29) is 5.91 Å². The zero-order chi connectivity index (χ0) is 13.7. The zero-order valence-electron chi connectivity index (χ0n) is 11.4. The van der Waals surface area contributed by atoms with Crippen LogP contribution in [0, 0.1) is 0 Å². The van der Waals surface area contributed by atoms with Crippen molar-refractivity contribution in [1.82, 2.24) is 10.2 Å². The predicted molar refractivity (Wildman–Crippen MR) is 80.9 cm³/mol. The standard InChI is InChI=1S/C15H22N2OS/c1-17(13-4-2-3-5-13)11-10-16-15(18)12-6-8-14(19)9-7-12/h6-9,13,19H,2-5,10-11H2,1H3,(H,16,18). The fourth-order valence-electron chi connectivity index (χ4n) is 2.59. The van der Waals surface area contributed by atoms with Gasteiger partial charge in [-0.25, -0.2) is 0 Å². The molecule has 0 atom stereocenters. The number of nitrogens with zero attached hydrogens (tertiary/aromatic N) is 1. The maximum Gasteiger partial charge on any atom is 0.251 e. The molecule has 0 spiro atoms. The van der Waals surface area contributed by atoms with Crippen LogP contribution in [0.15, 0.2) is 29.2 Å². The van der Waals surface area contributed by atoms with E-state index in [0.29, 0.717) is 18.2 Å². The van der Waals surface area contributed by atoms with Crippen molar-refractivity contribution in [2.75, 3.05) is 20.1 Å². The number of thiol groups is 1. The molecule has 1 aliphatic carbocycles. The van der Waals surface area contributed by atoms with Gasteiger partial charge in [-0.2, -0.15) is 0 Å². The van der Waals surface area contributed by atoms with Crippen LogP contribution in [0.3, 0.4) is 0 Å². The average molecular weight is 278 g/mol. The minimum absolute atomic E-state index is 0.00634. The lowest BCUT2D eigenvalue weighted by Gasteiger charge is -2.23. The van der Waals surface area contributed by atoms with E-state index < -0.39 is 0 Å². The van der Waals surface area contributed by atoms with Crippen LogP contribution in [0.1, 0.15) is 36.0 Å². The number of rotatable bonds is 5. The second-order valence-electron chi connectivity index (χ2n) is 5.22. The summed E-state index contributed by atoms with van der Waals surface area (Å²) in [4.78, 5) is 15.1. The van der Waals surface area contributed by atoms with Crippen LogP contribution in [0.25, 0.3) is 0 Å². The summed E-state index contributed by atoms with van der Waals surface area (Å²) in [5, 5.41) is 2.97. The molecule has 104 valence electrons. The third-order valence-electron chi connectivity index (χ3n) is 3.83. The topological polar surface area (TPSA) is 32.3 Å². The third kappa shape index (κ3) is 4.25. The number of amides is 1. The van der Waals surface area contributed by atoms with E-state index in [1.165, 1.54) is 25.7 Å². The van der Waals surface area contributed by atoms with Crippen molar-refractivity contribution in [2.45, 2.75) is 36.6 Å². The van der Waals surface area contributed by atoms with E-state index in [4.69, 9.17) is 0 Å². The van der Waals surface area contributed by atoms with Crippen LogP contribution >= 0.6 is 12.6 Å². The summed E-state index contributed by atoms with van der Waals surface area (Å²) in [6.45, 7) is 1.62. The molecule has 4 heteroatoms. The second-order valence-corrected chi connectivity index (χ2v) is 5.74. The summed E-state index contributed by atoms with van der Waals surface area (Å²) < 4.78 is 0. The highest BCUT2D eigenvalue weighted by Crippen LogP contribution is 2.21. The molecule has 19 heavy (non-hydrogen) atoms. The Balaban J connectivity index is 1.73. The number of hydrogen-bond acceptors (Lipinski definition) is 3. The van der Waals surface area contributed by atoms with Crippen LogP contribution in [-0.2, 0) is 0 Å². The highest BCUT2D eigenvalue weighted by atomic mass is 32.1. The fraction of sp³-hybridized carbons (Fsp3) is 0.533. The van der Waals surface area contributed by atoms with E-state index in [2.05, 4.69) is 29.9 Å². The van der Waals surface area contributed by atoms with Gasteiger partial charge in [-0.1, -0.05) is 12.8 Å². The van der Waals surface area contributed by atoms with E-state index in [1.54, 1.807) is 12.1 Å². The molecular weight excluding hydrogens is 256 g/mol. The van der Waals surface area contributed by atoms with Gasteiger partial charge in [0.05, 0.1) is 0 Å². The maximum atomic E-state index is 11.9. The van der Waals surface area contributed by atoms with Crippen molar-refractivity contribution in [3.8, 4) is 0 Å². The molecule has 1 saturated carbocycles. The number of benzene rings is 1. The normalized spacial score (nSPS) is 15.9. The second kappa shape index (κ2) is 6.96. The van der Waals surface area contributed by atoms with Gasteiger partial charge in [-0.15, -0.1) is 12.6 Å². The lowest BCUT2D eigenvalue weighted by Crippen LogP contribution is -2.37. The third-order valence-corrected chi connectivity index (χ3v) is 4.13. The molecule has 0 bridgehead atoms. The molecule has 0 radical (unpaired) electrons. The van der Waals surface area contributed by atoms with Crippen LogP contribution in [0.5, 0.6) is 0 Å². The van der Waals surface area contributed by atoms with Gasteiger partial charge in [-0.3, -0.25) is 4.79 Å². The summed E-state index contributed by atoms with van der Waals surface area (Å²) >= 11 is 4.21. The quantitative estimate of drug-likeness (QED) is 0.811. The van der Waals surface area contributed by atoms with Crippen molar-refractivity contribution in [3.05, 3.63) is 29.8 Å². The van der Waals surface area contributed by atoms with Crippen LogP contribution in [0.4, 0.5) is 0 Å². The van der Waals surface area contributed by atoms with Crippen LogP contribution in [-0.4, -0.2) is 37.0 Å². The van der Waals surface area contributed by atoms with Crippen molar-refractivity contribution in [2.24, 2.45) is 0 Å². The Morgan fingerprint density at radius 1 is 1.32 bits per heavy atom. The van der Waals surface area contributed by atoms with Gasteiger partial charge in [0, 0.05) is 29.6 Å². The smallest absolute Gasteiger partial charge is 0.251 e. The number of hydrogen-bond donors (Lipinski definition) is 2. The minimum Gasteiger partial charge on any atom is -0.351 e. The Morgan fingerprint density at radius 3 is 2.58 bits per heavy atom. The van der Waals surface area contributed by atoms with Gasteiger partial charge < -0.3 is 10.2 Å². The highest BCUT2D eigenvalue weighted by molar-refractivity contribution is 7.80. The van der Waals surface area contributed by atoms with Crippen molar-refractivity contribution in [1.29, 1.82) is 0 Å². The molecule has 0 heterocycles. The molecule has 1 N–H and O–H groups in total. The molecule has 0 aliphatic heterocycles. The van der Waals surface area contributed by atoms with E-state index in [9.17, 15) is 4.79 Å². The highest BCUT2D eigenvalue weighted by Gasteiger charge is 2.18. The van der Waals surface area contributed by atoms with Gasteiger partial charge in [0.15, 0.2) is 0 Å². The Morgan fingerprint density at radius 2 is 1.95 bits per heavy atom. The minimum atomic E-state index is -0.00634. The molecule has 1 aromatic carbocycles. The number of nitrogens with one attached hydrogen (secondary N) is 1. The molecule has 0 aromatic heterocycles.